The van der Waals surface area contributed by atoms with Gasteiger partial charge in [-0.3, -0.25) is 9.11 Å². The number of benzene rings is 1. The van der Waals surface area contributed by atoms with Gasteiger partial charge in [-0.05, 0) is 17.5 Å². The summed E-state index contributed by atoms with van der Waals surface area (Å²) < 4.78 is 33.8. The van der Waals surface area contributed by atoms with Crippen molar-refractivity contribution in [3.05, 3.63) is 36.5 Å². The molecule has 0 unspecified atom stereocenters. The predicted octanol–water partition coefficient (Wildman–Crippen LogP) is 0.947. The monoisotopic (exact) mass is 258 g/mol. The van der Waals surface area contributed by atoms with Gasteiger partial charge in [0.15, 0.2) is 0 Å². The molecule has 2 rings (SSSR count). The first-order valence-corrected chi connectivity index (χ1v) is 6.25. The van der Waals surface area contributed by atoms with Crippen molar-refractivity contribution in [3.63, 3.8) is 0 Å². The van der Waals surface area contributed by atoms with Crippen LogP contribution in [0.15, 0.2) is 36.5 Å². The lowest BCUT2D eigenvalue weighted by Gasteiger charge is -2.01. The highest BCUT2D eigenvalue weighted by molar-refractivity contribution is 7.79. The normalized spacial score (nSPS) is 11.0. The largest absolute Gasteiger partial charge is 0.394 e. The summed E-state index contributed by atoms with van der Waals surface area (Å²) in [6.45, 7) is 1.59. The molecular weight excluding hydrogens is 244 g/mol. The molecule has 2 aromatic rings. The molecule has 94 valence electrons. The molecule has 6 nitrogen and oxygen atoms in total. The lowest BCUT2D eigenvalue weighted by Crippen LogP contribution is -2.08. The van der Waals surface area contributed by atoms with Crippen LogP contribution in [0.1, 0.15) is 0 Å². The smallest absolute Gasteiger partial charge is 0.346 e. The summed E-state index contributed by atoms with van der Waals surface area (Å²) in [5.41, 5.74) is 6.76. The average Bonchev–Trinajstić information content (AvgIpc) is 2.60. The zero-order chi connectivity index (χ0) is 12.9. The van der Waals surface area contributed by atoms with E-state index in [0.29, 0.717) is 6.54 Å². The number of fused-ring (bicyclic) bond motifs is 1. The van der Waals surface area contributed by atoms with E-state index >= 15 is 0 Å². The summed E-state index contributed by atoms with van der Waals surface area (Å²) in [6.07, 6.45) is 2.08. The quantitative estimate of drug-likeness (QED) is 0.695. The summed E-state index contributed by atoms with van der Waals surface area (Å²) in [6, 6.07) is 10.4. The maximum Gasteiger partial charge on any atom is 0.394 e. The first-order chi connectivity index (χ1) is 7.92. The van der Waals surface area contributed by atoms with Gasteiger partial charge in [-0.15, -0.1) is 0 Å². The molecule has 0 saturated carbocycles. The molecule has 4 N–H and O–H groups in total. The van der Waals surface area contributed by atoms with Crippen LogP contribution in [-0.4, -0.2) is 28.6 Å². The molecule has 17 heavy (non-hydrogen) atoms. The van der Waals surface area contributed by atoms with Gasteiger partial charge in [0.1, 0.15) is 0 Å². The summed E-state index contributed by atoms with van der Waals surface area (Å²) >= 11 is 0. The molecule has 0 aliphatic carbocycles. The molecule has 1 aromatic heterocycles. The van der Waals surface area contributed by atoms with Gasteiger partial charge >= 0.3 is 10.4 Å². The number of hydrogen-bond acceptors (Lipinski definition) is 3. The maximum absolute atomic E-state index is 8.74. The van der Waals surface area contributed by atoms with Crippen LogP contribution in [0.5, 0.6) is 0 Å². The Bertz CT molecular complexity index is 569. The topological polar surface area (TPSA) is 106 Å². The third kappa shape index (κ3) is 4.96. The zero-order valence-corrected chi connectivity index (χ0v) is 9.84. The number of rotatable bonds is 2. The fourth-order valence-corrected chi connectivity index (χ4v) is 1.47. The van der Waals surface area contributed by atoms with E-state index in [1.165, 1.54) is 10.9 Å². The minimum atomic E-state index is -4.67. The summed E-state index contributed by atoms with van der Waals surface area (Å²) in [7, 11) is -4.67. The number of hydrogen-bond donors (Lipinski definition) is 3. The Morgan fingerprint density at radius 1 is 1.18 bits per heavy atom. The standard InChI is InChI=1S/C10H12N2.H2O4S/c11-6-8-12-7-5-9-3-1-2-4-10(9)12;1-5(2,3)4/h1-5,7H,6,8,11H2;(H2,1,2,3,4). The van der Waals surface area contributed by atoms with E-state index in [4.69, 9.17) is 23.3 Å². The molecular formula is C10H14N2O4S. The molecule has 0 saturated heterocycles. The van der Waals surface area contributed by atoms with E-state index in [-0.39, 0.29) is 0 Å². The lowest BCUT2D eigenvalue weighted by molar-refractivity contribution is 0.381. The Hall–Kier alpha value is -1.41. The summed E-state index contributed by atoms with van der Waals surface area (Å²) in [5.74, 6) is 0. The summed E-state index contributed by atoms with van der Waals surface area (Å²) in [4.78, 5) is 0. The third-order valence-corrected chi connectivity index (χ3v) is 2.05. The SMILES string of the molecule is NCCn1ccc2ccccc21.O=S(=O)(O)O. The van der Waals surface area contributed by atoms with Crippen LogP contribution in [0.2, 0.25) is 0 Å². The second kappa shape index (κ2) is 5.78. The summed E-state index contributed by atoms with van der Waals surface area (Å²) in [5, 5.41) is 1.28. The molecule has 1 heterocycles. The van der Waals surface area contributed by atoms with Crippen molar-refractivity contribution in [2.24, 2.45) is 5.73 Å². The van der Waals surface area contributed by atoms with Crippen molar-refractivity contribution in [1.29, 1.82) is 0 Å². The molecule has 0 radical (unpaired) electrons. The van der Waals surface area contributed by atoms with Gasteiger partial charge in [0, 0.05) is 24.8 Å². The second-order valence-electron chi connectivity index (χ2n) is 3.30. The Morgan fingerprint density at radius 3 is 2.35 bits per heavy atom. The molecule has 0 amide bonds. The Labute approximate surface area is 99.2 Å². The van der Waals surface area contributed by atoms with Crippen molar-refractivity contribution in [1.82, 2.24) is 4.57 Å². The molecule has 0 bridgehead atoms. The van der Waals surface area contributed by atoms with Crippen LogP contribution in [0, 0.1) is 0 Å². The molecule has 0 spiro atoms. The average molecular weight is 258 g/mol. The van der Waals surface area contributed by atoms with Gasteiger partial charge in [-0.1, -0.05) is 18.2 Å². The van der Waals surface area contributed by atoms with Gasteiger partial charge in [0.05, 0.1) is 0 Å². The fraction of sp³-hybridized carbons (Fsp3) is 0.200. The number of nitrogens with zero attached hydrogens (tertiary/aromatic N) is 1. The van der Waals surface area contributed by atoms with Crippen LogP contribution in [-0.2, 0) is 16.9 Å². The van der Waals surface area contributed by atoms with E-state index < -0.39 is 10.4 Å². The first kappa shape index (κ1) is 13.7. The molecule has 0 aliphatic heterocycles. The second-order valence-corrected chi connectivity index (χ2v) is 4.20. The number of para-hydroxylation sites is 1. The number of nitrogens with two attached hydrogens (primary N) is 1. The minimum Gasteiger partial charge on any atom is -0.346 e. The predicted molar refractivity (Wildman–Crippen MR) is 65.2 cm³/mol. The highest BCUT2D eigenvalue weighted by Crippen LogP contribution is 2.14. The fourth-order valence-electron chi connectivity index (χ4n) is 1.47. The van der Waals surface area contributed by atoms with Crippen LogP contribution < -0.4 is 5.73 Å². The van der Waals surface area contributed by atoms with E-state index in [1.807, 2.05) is 0 Å². The van der Waals surface area contributed by atoms with Gasteiger partial charge < -0.3 is 10.3 Å². The van der Waals surface area contributed by atoms with E-state index in [0.717, 1.165) is 6.54 Å². The molecule has 0 aliphatic rings. The van der Waals surface area contributed by atoms with Crippen molar-refractivity contribution >= 4 is 21.3 Å². The van der Waals surface area contributed by atoms with Gasteiger partial charge in [0.25, 0.3) is 0 Å². The lowest BCUT2D eigenvalue weighted by atomic mass is 10.2. The number of aromatic nitrogens is 1. The van der Waals surface area contributed by atoms with E-state index in [2.05, 4.69) is 41.1 Å². The highest BCUT2D eigenvalue weighted by atomic mass is 32.3. The van der Waals surface area contributed by atoms with Crippen molar-refractivity contribution in [2.75, 3.05) is 6.54 Å². The molecule has 0 fully saturated rings. The molecule has 1 aromatic carbocycles. The van der Waals surface area contributed by atoms with E-state index in [1.54, 1.807) is 0 Å². The maximum atomic E-state index is 8.74. The van der Waals surface area contributed by atoms with Gasteiger partial charge in [-0.25, -0.2) is 0 Å². The Kier molecular flexibility index (Phi) is 4.64. The molecule has 0 atom stereocenters. The van der Waals surface area contributed by atoms with Crippen LogP contribution in [0.4, 0.5) is 0 Å². The van der Waals surface area contributed by atoms with Crippen molar-refractivity contribution in [2.45, 2.75) is 6.54 Å². The Morgan fingerprint density at radius 2 is 1.76 bits per heavy atom. The van der Waals surface area contributed by atoms with Crippen molar-refractivity contribution < 1.29 is 17.5 Å². The van der Waals surface area contributed by atoms with Crippen LogP contribution in [0.25, 0.3) is 10.9 Å². The van der Waals surface area contributed by atoms with Crippen molar-refractivity contribution in [3.8, 4) is 0 Å². The van der Waals surface area contributed by atoms with Gasteiger partial charge in [-0.2, -0.15) is 8.42 Å². The zero-order valence-electron chi connectivity index (χ0n) is 9.02. The van der Waals surface area contributed by atoms with E-state index in [9.17, 15) is 0 Å². The first-order valence-electron chi connectivity index (χ1n) is 4.85. The van der Waals surface area contributed by atoms with Gasteiger partial charge in [0.2, 0.25) is 0 Å². The Balaban J connectivity index is 0.000000249. The minimum absolute atomic E-state index is 0.693. The third-order valence-electron chi connectivity index (χ3n) is 2.05. The van der Waals surface area contributed by atoms with Crippen LogP contribution >= 0.6 is 0 Å². The highest BCUT2D eigenvalue weighted by Gasteiger charge is 1.96. The van der Waals surface area contributed by atoms with Crippen LogP contribution in [0.3, 0.4) is 0 Å². The molecule has 7 heteroatoms.